The minimum Gasteiger partial charge on any atom is -0.497 e. The van der Waals surface area contributed by atoms with Crippen molar-refractivity contribution in [1.82, 2.24) is 0 Å². The number of carbonyl (C=O) groups excluding carboxylic acids is 3. The molecule has 0 bridgehead atoms. The summed E-state index contributed by atoms with van der Waals surface area (Å²) in [5.74, 6) is -1.13. The van der Waals surface area contributed by atoms with E-state index in [-0.39, 0.29) is 34.3 Å². The lowest BCUT2D eigenvalue weighted by atomic mass is 10.1. The van der Waals surface area contributed by atoms with Gasteiger partial charge in [0.15, 0.2) is 11.5 Å². The number of carbonyl (C=O) groups is 3. The van der Waals surface area contributed by atoms with Gasteiger partial charge in [-0.3, -0.25) is 4.79 Å². The van der Waals surface area contributed by atoms with Gasteiger partial charge in [0.25, 0.3) is 5.91 Å². The molecule has 0 aliphatic heterocycles. The molecule has 1 N–H and O–H groups in total. The second kappa shape index (κ2) is 12.9. The van der Waals surface area contributed by atoms with E-state index in [1.54, 1.807) is 31.2 Å². The Morgan fingerprint density at radius 1 is 0.947 bits per heavy atom. The van der Waals surface area contributed by atoms with Crippen LogP contribution in [0, 0.1) is 11.3 Å². The van der Waals surface area contributed by atoms with Gasteiger partial charge in [-0.2, -0.15) is 5.26 Å². The molecule has 3 aromatic rings. The maximum atomic E-state index is 12.7. The highest BCUT2D eigenvalue weighted by atomic mass is 35.5. The first kappa shape index (κ1) is 27.8. The summed E-state index contributed by atoms with van der Waals surface area (Å²) in [6, 6.07) is 17.1. The zero-order chi connectivity index (χ0) is 27.7. The largest absolute Gasteiger partial charge is 0.497 e. The van der Waals surface area contributed by atoms with E-state index < -0.39 is 17.8 Å². The minimum absolute atomic E-state index is 0.0169. The van der Waals surface area contributed by atoms with Gasteiger partial charge >= 0.3 is 11.9 Å². The summed E-state index contributed by atoms with van der Waals surface area (Å²) in [6.45, 7) is 1.95. The number of hydrogen-bond donors (Lipinski definition) is 1. The van der Waals surface area contributed by atoms with Crippen molar-refractivity contribution in [2.75, 3.05) is 26.1 Å². The lowest BCUT2D eigenvalue weighted by Crippen LogP contribution is -2.14. The van der Waals surface area contributed by atoms with Crippen molar-refractivity contribution in [2.45, 2.75) is 6.92 Å². The summed E-state index contributed by atoms with van der Waals surface area (Å²) in [5.41, 5.74) is 1.11. The highest BCUT2D eigenvalue weighted by Gasteiger charge is 2.18. The quantitative estimate of drug-likeness (QED) is 0.170. The predicted molar refractivity (Wildman–Crippen MR) is 141 cm³/mol. The molecule has 9 nitrogen and oxygen atoms in total. The highest BCUT2D eigenvalue weighted by Crippen LogP contribution is 2.37. The topological polar surface area (TPSA) is 124 Å². The van der Waals surface area contributed by atoms with Crippen molar-refractivity contribution in [3.63, 3.8) is 0 Å². The van der Waals surface area contributed by atoms with Crippen molar-refractivity contribution < 1.29 is 33.3 Å². The fourth-order valence-corrected chi connectivity index (χ4v) is 3.48. The third-order valence-corrected chi connectivity index (χ3v) is 5.38. The average Bonchev–Trinajstić information content (AvgIpc) is 2.93. The number of amides is 1. The molecule has 1 amide bonds. The molecule has 0 aliphatic carbocycles. The third-order valence-electron chi connectivity index (χ3n) is 5.10. The summed E-state index contributed by atoms with van der Waals surface area (Å²) in [5, 5.41) is 12.2. The van der Waals surface area contributed by atoms with Crippen LogP contribution in [0.3, 0.4) is 0 Å². The van der Waals surface area contributed by atoms with Crippen LogP contribution < -0.4 is 19.5 Å². The molecule has 3 rings (SSSR count). The van der Waals surface area contributed by atoms with Crippen LogP contribution in [0.1, 0.15) is 33.2 Å². The Balaban J connectivity index is 1.79. The number of rotatable bonds is 9. The Labute approximate surface area is 224 Å². The third kappa shape index (κ3) is 6.90. The summed E-state index contributed by atoms with van der Waals surface area (Å²) < 4.78 is 20.8. The number of ether oxygens (including phenoxy) is 4. The number of methoxy groups -OCH3 is 2. The van der Waals surface area contributed by atoms with Gasteiger partial charge in [-0.05, 0) is 79.2 Å². The van der Waals surface area contributed by atoms with E-state index in [4.69, 9.17) is 30.5 Å². The first-order valence-corrected chi connectivity index (χ1v) is 11.6. The lowest BCUT2D eigenvalue weighted by Gasteiger charge is -2.12. The van der Waals surface area contributed by atoms with Crippen molar-refractivity contribution in [1.29, 1.82) is 5.26 Å². The van der Waals surface area contributed by atoms with Crippen LogP contribution >= 0.6 is 11.6 Å². The van der Waals surface area contributed by atoms with Crippen LogP contribution in [-0.4, -0.2) is 38.7 Å². The van der Waals surface area contributed by atoms with Crippen molar-refractivity contribution in [2.24, 2.45) is 0 Å². The molecule has 0 heterocycles. The van der Waals surface area contributed by atoms with Crippen LogP contribution in [0.4, 0.5) is 5.69 Å². The van der Waals surface area contributed by atoms with E-state index >= 15 is 0 Å². The van der Waals surface area contributed by atoms with Crippen LogP contribution in [-0.2, 0) is 9.53 Å². The fraction of sp³-hybridized carbons (Fsp3) is 0.143. The molecular formula is C28H23ClN2O7. The molecule has 0 aromatic heterocycles. The van der Waals surface area contributed by atoms with Gasteiger partial charge in [0.05, 0.1) is 37.0 Å². The monoisotopic (exact) mass is 534 g/mol. The Morgan fingerprint density at radius 2 is 1.58 bits per heavy atom. The summed E-state index contributed by atoms with van der Waals surface area (Å²) in [6.07, 6.45) is 1.31. The molecule has 0 unspecified atom stereocenters. The normalized spacial score (nSPS) is 10.7. The minimum atomic E-state index is -0.679. The molecule has 0 fully saturated rings. The zero-order valence-corrected chi connectivity index (χ0v) is 21.5. The van der Waals surface area contributed by atoms with Crippen LogP contribution in [0.25, 0.3) is 6.08 Å². The Hall–Kier alpha value is -4.81. The number of hydrogen-bond acceptors (Lipinski definition) is 8. The number of nitrogens with one attached hydrogen (secondary N) is 1. The molecule has 0 atom stereocenters. The van der Waals surface area contributed by atoms with E-state index in [1.807, 2.05) is 6.07 Å². The highest BCUT2D eigenvalue weighted by molar-refractivity contribution is 6.32. The van der Waals surface area contributed by atoms with Crippen molar-refractivity contribution in [3.05, 3.63) is 87.9 Å². The van der Waals surface area contributed by atoms with Crippen LogP contribution in [0.2, 0.25) is 5.02 Å². The number of nitriles is 1. The van der Waals surface area contributed by atoms with Gasteiger partial charge in [0, 0.05) is 5.69 Å². The van der Waals surface area contributed by atoms with Gasteiger partial charge < -0.3 is 24.3 Å². The first-order valence-electron chi connectivity index (χ1n) is 11.2. The van der Waals surface area contributed by atoms with Crippen LogP contribution in [0.15, 0.2) is 66.2 Å². The van der Waals surface area contributed by atoms with Crippen molar-refractivity contribution >= 4 is 41.2 Å². The molecule has 0 saturated heterocycles. The Morgan fingerprint density at radius 3 is 2.16 bits per heavy atom. The number of benzene rings is 3. The second-order valence-corrected chi connectivity index (χ2v) is 7.98. The second-order valence-electron chi connectivity index (χ2n) is 7.57. The zero-order valence-electron chi connectivity index (χ0n) is 20.7. The maximum absolute atomic E-state index is 12.7. The Bertz CT molecular complexity index is 1410. The molecule has 0 radical (unpaired) electrons. The van der Waals surface area contributed by atoms with E-state index in [2.05, 4.69) is 5.32 Å². The van der Waals surface area contributed by atoms with Crippen LogP contribution in [0.5, 0.6) is 17.2 Å². The lowest BCUT2D eigenvalue weighted by molar-refractivity contribution is -0.112. The fourth-order valence-electron chi connectivity index (χ4n) is 3.22. The molecule has 0 aliphatic rings. The molecule has 10 heteroatoms. The summed E-state index contributed by atoms with van der Waals surface area (Å²) in [4.78, 5) is 37.1. The standard InChI is InChI=1S/C28H23ClN2O7/c1-4-37-27(33)18-5-9-21(10-6-18)31-26(32)20(16-30)13-17-14-23(29)25(24(15-17)36-3)38-28(34)19-7-11-22(35-2)12-8-19/h5-15H,4H2,1-3H3,(H,31,32)/b20-13+. The van der Waals surface area contributed by atoms with Crippen molar-refractivity contribution in [3.8, 4) is 23.3 Å². The van der Waals surface area contributed by atoms with Gasteiger partial charge in [-0.15, -0.1) is 0 Å². The van der Waals surface area contributed by atoms with E-state index in [9.17, 15) is 19.6 Å². The molecular weight excluding hydrogens is 512 g/mol. The maximum Gasteiger partial charge on any atom is 0.343 e. The number of halogens is 1. The SMILES string of the molecule is CCOC(=O)c1ccc(NC(=O)/C(C#N)=C/c2cc(Cl)c(OC(=O)c3ccc(OC)cc3)c(OC)c2)cc1. The van der Waals surface area contributed by atoms with Gasteiger partial charge in [0.2, 0.25) is 0 Å². The van der Waals surface area contributed by atoms with Gasteiger partial charge in [0.1, 0.15) is 17.4 Å². The van der Waals surface area contributed by atoms with Gasteiger partial charge in [-0.1, -0.05) is 11.6 Å². The molecule has 194 valence electrons. The Kier molecular flexibility index (Phi) is 9.46. The predicted octanol–water partition coefficient (Wildman–Crippen LogP) is 5.30. The number of esters is 2. The molecule has 0 spiro atoms. The molecule has 0 saturated carbocycles. The van der Waals surface area contributed by atoms with Gasteiger partial charge in [-0.25, -0.2) is 9.59 Å². The number of anilines is 1. The van der Waals surface area contributed by atoms with E-state index in [1.165, 1.54) is 56.7 Å². The molecule has 3 aromatic carbocycles. The summed E-state index contributed by atoms with van der Waals surface area (Å²) >= 11 is 6.36. The smallest absolute Gasteiger partial charge is 0.343 e. The first-order chi connectivity index (χ1) is 18.3. The summed E-state index contributed by atoms with van der Waals surface area (Å²) in [7, 11) is 2.88. The van der Waals surface area contributed by atoms with E-state index in [0.29, 0.717) is 22.6 Å². The molecule has 38 heavy (non-hydrogen) atoms. The number of nitrogens with zero attached hydrogens (tertiary/aromatic N) is 1. The van der Waals surface area contributed by atoms with E-state index in [0.717, 1.165) is 0 Å². The average molecular weight is 535 g/mol.